The Kier molecular flexibility index (Phi) is 5.37. The van der Waals surface area contributed by atoms with Crippen LogP contribution in [0.25, 0.3) is 0 Å². The molecule has 0 aliphatic carbocycles. The molecule has 7 heteroatoms. The highest BCUT2D eigenvalue weighted by atomic mass is 19.1. The van der Waals surface area contributed by atoms with Crippen LogP contribution >= 0.6 is 0 Å². The monoisotopic (exact) mass is 392 g/mol. The number of amides is 2. The number of carbonyl (C=O) groups excluding carboxylic acids is 2. The maximum absolute atomic E-state index is 13.5. The minimum atomic E-state index is -0.426. The van der Waals surface area contributed by atoms with Gasteiger partial charge in [0.1, 0.15) is 11.5 Å². The zero-order chi connectivity index (χ0) is 20.2. The van der Waals surface area contributed by atoms with Gasteiger partial charge in [-0.15, -0.1) is 0 Å². The van der Waals surface area contributed by atoms with Crippen LogP contribution in [0.5, 0.6) is 0 Å². The fourth-order valence-corrected chi connectivity index (χ4v) is 3.56. The predicted octanol–water partition coefficient (Wildman–Crippen LogP) is 2.65. The van der Waals surface area contributed by atoms with Crippen molar-refractivity contribution in [3.05, 3.63) is 89.3 Å². The van der Waals surface area contributed by atoms with Crippen LogP contribution in [0.15, 0.2) is 60.9 Å². The van der Waals surface area contributed by atoms with Gasteiger partial charge in [-0.05, 0) is 42.0 Å². The van der Waals surface area contributed by atoms with E-state index in [1.807, 2.05) is 28.8 Å². The van der Waals surface area contributed by atoms with Crippen LogP contribution in [0.1, 0.15) is 32.1 Å². The van der Waals surface area contributed by atoms with E-state index in [9.17, 15) is 14.0 Å². The zero-order valence-corrected chi connectivity index (χ0v) is 15.8. The SMILES string of the molecule is O=C(NCc1cccnc1)c1ccc2n1CCN(C(=O)c1cccc(F)c1)CC2. The molecule has 1 aliphatic rings. The van der Waals surface area contributed by atoms with Crippen molar-refractivity contribution in [2.75, 3.05) is 13.1 Å². The molecule has 0 saturated heterocycles. The molecular weight excluding hydrogens is 371 g/mol. The van der Waals surface area contributed by atoms with Gasteiger partial charge >= 0.3 is 0 Å². The molecule has 1 aromatic carbocycles. The van der Waals surface area contributed by atoms with Crippen LogP contribution in [0.2, 0.25) is 0 Å². The summed E-state index contributed by atoms with van der Waals surface area (Å²) in [5, 5.41) is 2.92. The normalized spacial score (nSPS) is 13.5. The van der Waals surface area contributed by atoms with Crippen LogP contribution in [0, 0.1) is 5.82 Å². The number of rotatable bonds is 4. The molecule has 0 unspecified atom stereocenters. The molecule has 2 amide bonds. The summed E-state index contributed by atoms with van der Waals surface area (Å²) in [4.78, 5) is 31.1. The number of hydrogen-bond donors (Lipinski definition) is 1. The van der Waals surface area contributed by atoms with E-state index < -0.39 is 5.82 Å². The number of pyridine rings is 1. The molecule has 0 atom stereocenters. The van der Waals surface area contributed by atoms with Gasteiger partial charge in [-0.1, -0.05) is 12.1 Å². The zero-order valence-electron chi connectivity index (χ0n) is 15.8. The number of aromatic nitrogens is 2. The first-order valence-corrected chi connectivity index (χ1v) is 9.52. The van der Waals surface area contributed by atoms with E-state index in [1.54, 1.807) is 23.4 Å². The maximum Gasteiger partial charge on any atom is 0.268 e. The van der Waals surface area contributed by atoms with E-state index >= 15 is 0 Å². The first-order valence-electron chi connectivity index (χ1n) is 9.52. The summed E-state index contributed by atoms with van der Waals surface area (Å²) in [5.74, 6) is -0.785. The Bertz CT molecular complexity index is 1030. The Hall–Kier alpha value is -3.48. The first-order chi connectivity index (χ1) is 14.1. The molecule has 0 spiro atoms. The highest BCUT2D eigenvalue weighted by Gasteiger charge is 2.23. The quantitative estimate of drug-likeness (QED) is 0.742. The Morgan fingerprint density at radius 3 is 2.76 bits per heavy atom. The number of halogens is 1. The molecule has 29 heavy (non-hydrogen) atoms. The molecule has 1 aliphatic heterocycles. The van der Waals surface area contributed by atoms with Crippen molar-refractivity contribution in [1.29, 1.82) is 0 Å². The average Bonchev–Trinajstić information content (AvgIpc) is 3.04. The van der Waals surface area contributed by atoms with Crippen LogP contribution in [0.4, 0.5) is 4.39 Å². The molecular formula is C22H21FN4O2. The fourth-order valence-electron chi connectivity index (χ4n) is 3.56. The second-order valence-corrected chi connectivity index (χ2v) is 6.96. The number of nitrogens with zero attached hydrogens (tertiary/aromatic N) is 3. The summed E-state index contributed by atoms with van der Waals surface area (Å²) in [6.45, 7) is 1.90. The molecule has 0 bridgehead atoms. The van der Waals surface area contributed by atoms with Gasteiger partial charge in [0.05, 0.1) is 0 Å². The highest BCUT2D eigenvalue weighted by Crippen LogP contribution is 2.17. The summed E-state index contributed by atoms with van der Waals surface area (Å²) in [7, 11) is 0. The first kappa shape index (κ1) is 18.9. The van der Waals surface area contributed by atoms with E-state index in [4.69, 9.17) is 0 Å². The van der Waals surface area contributed by atoms with E-state index in [2.05, 4.69) is 10.3 Å². The fraction of sp³-hybridized carbons (Fsp3) is 0.227. The Morgan fingerprint density at radius 1 is 1.07 bits per heavy atom. The van der Waals surface area contributed by atoms with Gasteiger partial charge in [-0.25, -0.2) is 4.39 Å². The van der Waals surface area contributed by atoms with Crippen LogP contribution < -0.4 is 5.32 Å². The molecule has 4 rings (SSSR count). The second kappa shape index (κ2) is 8.26. The number of carbonyl (C=O) groups is 2. The lowest BCUT2D eigenvalue weighted by atomic mass is 10.2. The van der Waals surface area contributed by atoms with Gasteiger partial charge in [-0.3, -0.25) is 14.6 Å². The maximum atomic E-state index is 13.5. The van der Waals surface area contributed by atoms with E-state index in [0.717, 1.165) is 11.3 Å². The van der Waals surface area contributed by atoms with Crippen LogP contribution in [-0.2, 0) is 19.5 Å². The third kappa shape index (κ3) is 4.18. The minimum Gasteiger partial charge on any atom is -0.347 e. The molecule has 1 N–H and O–H groups in total. The minimum absolute atomic E-state index is 0.162. The van der Waals surface area contributed by atoms with Crippen molar-refractivity contribution in [1.82, 2.24) is 19.8 Å². The largest absolute Gasteiger partial charge is 0.347 e. The van der Waals surface area contributed by atoms with E-state index in [0.29, 0.717) is 43.9 Å². The smallest absolute Gasteiger partial charge is 0.268 e. The molecule has 6 nitrogen and oxygen atoms in total. The van der Waals surface area contributed by atoms with Crippen molar-refractivity contribution >= 4 is 11.8 Å². The van der Waals surface area contributed by atoms with Crippen molar-refractivity contribution in [2.24, 2.45) is 0 Å². The van der Waals surface area contributed by atoms with Crippen molar-refractivity contribution in [3.8, 4) is 0 Å². The number of hydrogen-bond acceptors (Lipinski definition) is 3. The van der Waals surface area contributed by atoms with Crippen molar-refractivity contribution in [3.63, 3.8) is 0 Å². The van der Waals surface area contributed by atoms with Crippen molar-refractivity contribution in [2.45, 2.75) is 19.5 Å². The predicted molar refractivity (Wildman–Crippen MR) is 106 cm³/mol. The number of fused-ring (bicyclic) bond motifs is 1. The summed E-state index contributed by atoms with van der Waals surface area (Å²) >= 11 is 0. The van der Waals surface area contributed by atoms with Gasteiger partial charge in [0.15, 0.2) is 0 Å². The molecule has 2 aromatic heterocycles. The third-order valence-electron chi connectivity index (χ3n) is 5.07. The lowest BCUT2D eigenvalue weighted by Crippen LogP contribution is -2.34. The van der Waals surface area contributed by atoms with Crippen molar-refractivity contribution < 1.29 is 14.0 Å². The van der Waals surface area contributed by atoms with Gasteiger partial charge in [0.2, 0.25) is 0 Å². The lowest BCUT2D eigenvalue weighted by molar-refractivity contribution is 0.0758. The molecule has 148 valence electrons. The van der Waals surface area contributed by atoms with Crippen LogP contribution in [0.3, 0.4) is 0 Å². The third-order valence-corrected chi connectivity index (χ3v) is 5.07. The molecule has 0 fully saturated rings. The highest BCUT2D eigenvalue weighted by molar-refractivity contribution is 5.94. The molecule has 0 saturated carbocycles. The summed E-state index contributed by atoms with van der Waals surface area (Å²) in [6, 6.07) is 13.2. The Labute approximate surface area is 168 Å². The summed E-state index contributed by atoms with van der Waals surface area (Å²) < 4.78 is 15.4. The second-order valence-electron chi connectivity index (χ2n) is 6.96. The van der Waals surface area contributed by atoms with Crippen LogP contribution in [-0.4, -0.2) is 39.4 Å². The van der Waals surface area contributed by atoms with Gasteiger partial charge in [0, 0.05) is 56.3 Å². The molecule has 3 aromatic rings. The Balaban J connectivity index is 1.44. The topological polar surface area (TPSA) is 67.2 Å². The number of nitrogens with one attached hydrogen (secondary N) is 1. The standard InChI is InChI=1S/C22H21FN4O2/c23-18-5-1-4-17(13-18)22(29)26-10-8-19-6-7-20(27(19)12-11-26)21(28)25-15-16-3-2-9-24-14-16/h1-7,9,13-14H,8,10-12,15H2,(H,25,28). The molecule has 3 heterocycles. The average molecular weight is 392 g/mol. The summed E-state index contributed by atoms with van der Waals surface area (Å²) in [6.07, 6.45) is 4.04. The lowest BCUT2D eigenvalue weighted by Gasteiger charge is -2.20. The Morgan fingerprint density at radius 2 is 1.97 bits per heavy atom. The number of benzene rings is 1. The summed E-state index contributed by atoms with van der Waals surface area (Å²) in [5.41, 5.74) is 2.84. The van der Waals surface area contributed by atoms with E-state index in [1.165, 1.54) is 18.2 Å². The molecule has 0 radical (unpaired) electrons. The van der Waals surface area contributed by atoms with Gasteiger partial charge < -0.3 is 14.8 Å². The van der Waals surface area contributed by atoms with Gasteiger partial charge in [0.25, 0.3) is 11.8 Å². The van der Waals surface area contributed by atoms with E-state index in [-0.39, 0.29) is 11.8 Å². The van der Waals surface area contributed by atoms with Gasteiger partial charge in [-0.2, -0.15) is 0 Å².